The summed E-state index contributed by atoms with van der Waals surface area (Å²) >= 11 is 1.56. The van der Waals surface area contributed by atoms with Crippen LogP contribution in [0.5, 0.6) is 0 Å². The van der Waals surface area contributed by atoms with Crippen LogP contribution in [0.15, 0.2) is 6.07 Å². The maximum atomic E-state index is 13.0. The lowest BCUT2D eigenvalue weighted by Crippen LogP contribution is -2.44. The number of amides is 1. The first-order valence-corrected chi connectivity index (χ1v) is 14.1. The Morgan fingerprint density at radius 1 is 1.06 bits per heavy atom. The number of fused-ring (bicyclic) bond motifs is 1. The standard InChI is InChI=1S/C22H32N4O3S2/c1-15-19-14-20(30-22(19)26(24-15)18-6-3-2-4-7-18)21(27)23-16-8-10-17(11-9-16)25-12-5-13-31(25,28)29/h14,16-18H,2-13H2,1H3,(H,23,27). The number of thiophene rings is 1. The Morgan fingerprint density at radius 3 is 2.48 bits per heavy atom. The Balaban J connectivity index is 1.24. The molecular weight excluding hydrogens is 432 g/mol. The van der Waals surface area contributed by atoms with Gasteiger partial charge in [0.05, 0.1) is 22.4 Å². The van der Waals surface area contributed by atoms with Gasteiger partial charge in [0.15, 0.2) is 0 Å². The van der Waals surface area contributed by atoms with Gasteiger partial charge in [-0.25, -0.2) is 8.42 Å². The highest BCUT2D eigenvalue weighted by Crippen LogP contribution is 2.36. The normalized spacial score (nSPS) is 27.6. The first-order chi connectivity index (χ1) is 14.9. The number of rotatable bonds is 4. The summed E-state index contributed by atoms with van der Waals surface area (Å²) in [7, 11) is -3.06. The molecule has 9 heteroatoms. The second-order valence-corrected chi connectivity index (χ2v) is 12.5. The second-order valence-electron chi connectivity index (χ2n) is 9.41. The van der Waals surface area contributed by atoms with Gasteiger partial charge in [0.25, 0.3) is 5.91 Å². The molecule has 170 valence electrons. The minimum atomic E-state index is -3.06. The summed E-state index contributed by atoms with van der Waals surface area (Å²) in [6.45, 7) is 2.69. The first-order valence-electron chi connectivity index (χ1n) is 11.7. The van der Waals surface area contributed by atoms with E-state index >= 15 is 0 Å². The van der Waals surface area contributed by atoms with Crippen LogP contribution >= 0.6 is 11.3 Å². The van der Waals surface area contributed by atoms with E-state index in [0.717, 1.165) is 52.9 Å². The molecule has 1 saturated heterocycles. The largest absolute Gasteiger partial charge is 0.349 e. The third-order valence-electron chi connectivity index (χ3n) is 7.29. The van der Waals surface area contributed by atoms with Crippen LogP contribution in [0, 0.1) is 6.92 Å². The van der Waals surface area contributed by atoms with E-state index in [-0.39, 0.29) is 23.7 Å². The van der Waals surface area contributed by atoms with Gasteiger partial charge in [-0.05, 0) is 57.9 Å². The molecule has 7 nitrogen and oxygen atoms in total. The molecule has 0 unspecified atom stereocenters. The Labute approximate surface area is 188 Å². The van der Waals surface area contributed by atoms with E-state index < -0.39 is 10.0 Å². The van der Waals surface area contributed by atoms with Crippen molar-refractivity contribution in [3.8, 4) is 0 Å². The van der Waals surface area contributed by atoms with Crippen molar-refractivity contribution >= 4 is 37.5 Å². The smallest absolute Gasteiger partial charge is 0.261 e. The van der Waals surface area contributed by atoms with Crippen molar-refractivity contribution in [2.24, 2.45) is 0 Å². The highest BCUT2D eigenvalue weighted by Gasteiger charge is 2.36. The van der Waals surface area contributed by atoms with Crippen LogP contribution in [-0.2, 0) is 10.0 Å². The van der Waals surface area contributed by atoms with E-state index in [1.54, 1.807) is 15.6 Å². The molecule has 3 fully saturated rings. The van der Waals surface area contributed by atoms with Crippen LogP contribution < -0.4 is 5.32 Å². The maximum Gasteiger partial charge on any atom is 0.261 e. The molecule has 2 saturated carbocycles. The molecule has 1 aliphatic heterocycles. The number of aryl methyl sites for hydroxylation is 1. The van der Waals surface area contributed by atoms with E-state index in [0.29, 0.717) is 12.6 Å². The topological polar surface area (TPSA) is 84.3 Å². The van der Waals surface area contributed by atoms with Crippen molar-refractivity contribution in [1.82, 2.24) is 19.4 Å². The Bertz CT molecular complexity index is 1060. The molecule has 3 heterocycles. The summed E-state index contributed by atoms with van der Waals surface area (Å²) < 4.78 is 28.2. The number of carbonyl (C=O) groups is 1. The van der Waals surface area contributed by atoms with E-state index in [2.05, 4.69) is 10.00 Å². The molecule has 0 spiro atoms. The number of aromatic nitrogens is 2. The molecule has 0 bridgehead atoms. The number of hydrogen-bond donors (Lipinski definition) is 1. The van der Waals surface area contributed by atoms with Gasteiger partial charge in [0.1, 0.15) is 4.83 Å². The number of nitrogens with zero attached hydrogens (tertiary/aromatic N) is 3. The molecule has 0 radical (unpaired) electrons. The maximum absolute atomic E-state index is 13.0. The van der Waals surface area contributed by atoms with Gasteiger partial charge in [-0.2, -0.15) is 9.40 Å². The fourth-order valence-corrected chi connectivity index (χ4v) is 8.53. The van der Waals surface area contributed by atoms with E-state index in [1.807, 2.05) is 13.0 Å². The summed E-state index contributed by atoms with van der Waals surface area (Å²) in [5, 5.41) is 9.10. The van der Waals surface area contributed by atoms with Crippen LogP contribution in [0.1, 0.15) is 85.6 Å². The van der Waals surface area contributed by atoms with Gasteiger partial charge in [0, 0.05) is 24.0 Å². The Hall–Kier alpha value is -1.45. The monoisotopic (exact) mass is 464 g/mol. The molecule has 2 aliphatic carbocycles. The lowest BCUT2D eigenvalue weighted by Gasteiger charge is -2.33. The zero-order valence-electron chi connectivity index (χ0n) is 18.2. The molecule has 0 atom stereocenters. The lowest BCUT2D eigenvalue weighted by molar-refractivity contribution is 0.0923. The Kier molecular flexibility index (Phi) is 5.85. The first kappa shape index (κ1) is 21.4. The third-order valence-corrected chi connectivity index (χ3v) is 10.4. The van der Waals surface area contributed by atoms with Gasteiger partial charge >= 0.3 is 0 Å². The highest BCUT2D eigenvalue weighted by molar-refractivity contribution is 7.89. The van der Waals surface area contributed by atoms with Crippen molar-refractivity contribution in [3.05, 3.63) is 16.6 Å². The minimum Gasteiger partial charge on any atom is -0.349 e. The average molecular weight is 465 g/mol. The second kappa shape index (κ2) is 8.48. The van der Waals surface area contributed by atoms with Crippen LogP contribution in [0.3, 0.4) is 0 Å². The number of hydrogen-bond acceptors (Lipinski definition) is 5. The highest BCUT2D eigenvalue weighted by atomic mass is 32.2. The predicted octanol–water partition coefficient (Wildman–Crippen LogP) is 3.99. The molecule has 31 heavy (non-hydrogen) atoms. The molecule has 2 aromatic heterocycles. The number of nitrogens with one attached hydrogen (secondary N) is 1. The molecule has 2 aromatic rings. The minimum absolute atomic E-state index is 0.00645. The molecule has 5 rings (SSSR count). The molecule has 0 aromatic carbocycles. The van der Waals surface area contributed by atoms with Crippen molar-refractivity contribution in [3.63, 3.8) is 0 Å². The molecular formula is C22H32N4O3S2. The fourth-order valence-electron chi connectivity index (χ4n) is 5.59. The van der Waals surface area contributed by atoms with Crippen molar-refractivity contribution in [2.45, 2.75) is 89.3 Å². The van der Waals surface area contributed by atoms with Gasteiger partial charge in [-0.15, -0.1) is 11.3 Å². The third kappa shape index (κ3) is 4.16. The SMILES string of the molecule is Cc1nn(C2CCCCC2)c2sc(C(=O)NC3CCC(N4CCCS4(=O)=O)CC3)cc12. The van der Waals surface area contributed by atoms with Crippen molar-refractivity contribution in [1.29, 1.82) is 0 Å². The van der Waals surface area contributed by atoms with Gasteiger partial charge < -0.3 is 5.32 Å². The van der Waals surface area contributed by atoms with Crippen LogP contribution in [0.25, 0.3) is 10.2 Å². The predicted molar refractivity (Wildman–Crippen MR) is 123 cm³/mol. The van der Waals surface area contributed by atoms with E-state index in [9.17, 15) is 13.2 Å². The van der Waals surface area contributed by atoms with Gasteiger partial charge in [-0.3, -0.25) is 9.48 Å². The van der Waals surface area contributed by atoms with Gasteiger partial charge in [-0.1, -0.05) is 19.3 Å². The van der Waals surface area contributed by atoms with E-state index in [4.69, 9.17) is 5.10 Å². The van der Waals surface area contributed by atoms with E-state index in [1.165, 1.54) is 32.1 Å². The quantitative estimate of drug-likeness (QED) is 0.742. The number of sulfonamides is 1. The van der Waals surface area contributed by atoms with Crippen LogP contribution in [-0.4, -0.2) is 52.8 Å². The summed E-state index contributed by atoms with van der Waals surface area (Å²) in [5.74, 6) is 0.279. The average Bonchev–Trinajstić information content (AvgIpc) is 3.44. The van der Waals surface area contributed by atoms with Gasteiger partial charge in [0.2, 0.25) is 10.0 Å². The van der Waals surface area contributed by atoms with Crippen LogP contribution in [0.4, 0.5) is 0 Å². The molecule has 1 N–H and O–H groups in total. The van der Waals surface area contributed by atoms with Crippen molar-refractivity contribution < 1.29 is 13.2 Å². The molecule has 1 amide bonds. The lowest BCUT2D eigenvalue weighted by atomic mass is 9.91. The van der Waals surface area contributed by atoms with Crippen LogP contribution in [0.2, 0.25) is 0 Å². The fraction of sp³-hybridized carbons (Fsp3) is 0.727. The zero-order valence-corrected chi connectivity index (χ0v) is 19.8. The summed E-state index contributed by atoms with van der Waals surface area (Å²) in [4.78, 5) is 14.9. The summed E-state index contributed by atoms with van der Waals surface area (Å²) in [5.41, 5.74) is 1.00. The number of carbonyl (C=O) groups excluding carboxylic acids is 1. The zero-order chi connectivity index (χ0) is 21.6. The summed E-state index contributed by atoms with van der Waals surface area (Å²) in [6.07, 6.45) is 10.2. The Morgan fingerprint density at radius 2 is 1.81 bits per heavy atom. The summed E-state index contributed by atoms with van der Waals surface area (Å²) in [6, 6.07) is 2.68. The molecule has 3 aliphatic rings. The van der Waals surface area contributed by atoms with Crippen molar-refractivity contribution in [2.75, 3.05) is 12.3 Å².